The van der Waals surface area contributed by atoms with E-state index >= 15 is 0 Å². The van der Waals surface area contributed by atoms with E-state index in [2.05, 4.69) is 24.4 Å². The Kier molecular flexibility index (Phi) is 24.4. The molecule has 0 saturated heterocycles. The van der Waals surface area contributed by atoms with Crippen LogP contribution in [0.4, 0.5) is 0 Å². The van der Waals surface area contributed by atoms with Gasteiger partial charge in [0.25, 0.3) is 0 Å². The smallest absolute Gasteiger partial charge is 0.219 e. The highest BCUT2D eigenvalue weighted by molar-refractivity contribution is 5.75. The van der Waals surface area contributed by atoms with Crippen molar-refractivity contribution in [2.45, 2.75) is 110 Å². The van der Waals surface area contributed by atoms with Crippen molar-refractivity contribution in [2.75, 3.05) is 33.0 Å². The molecule has 1 amide bonds. The second kappa shape index (κ2) is 25.2. The van der Waals surface area contributed by atoms with Gasteiger partial charge in [0.2, 0.25) is 5.91 Å². The van der Waals surface area contributed by atoms with Gasteiger partial charge in [-0.3, -0.25) is 4.79 Å². The molecule has 0 spiro atoms. The summed E-state index contributed by atoms with van der Waals surface area (Å²) in [5.74, 6) is 0.178. The lowest BCUT2D eigenvalue weighted by Crippen LogP contribution is -2.25. The van der Waals surface area contributed by atoms with Gasteiger partial charge in [0.15, 0.2) is 0 Å². The minimum absolute atomic E-state index is 0.178. The lowest BCUT2D eigenvalue weighted by atomic mass is 10.1. The molecule has 0 rings (SSSR count). The fraction of sp³-hybridized carbons (Fsp3) is 0.880. The first-order valence-corrected chi connectivity index (χ1v) is 12.4. The van der Waals surface area contributed by atoms with E-state index in [1.165, 1.54) is 70.6 Å². The van der Waals surface area contributed by atoms with Crippen molar-refractivity contribution in [1.29, 1.82) is 0 Å². The summed E-state index contributed by atoms with van der Waals surface area (Å²) in [6.07, 6.45) is 23.0. The number of hydrogen-bond acceptors (Lipinski definition) is 3. The molecule has 29 heavy (non-hydrogen) atoms. The van der Waals surface area contributed by atoms with E-state index in [9.17, 15) is 4.79 Å². The van der Waals surface area contributed by atoms with Crippen LogP contribution in [0.3, 0.4) is 0 Å². The first kappa shape index (κ1) is 28.1. The van der Waals surface area contributed by atoms with E-state index in [-0.39, 0.29) is 5.91 Å². The normalized spacial score (nSPS) is 11.4. The van der Waals surface area contributed by atoms with Gasteiger partial charge in [-0.1, -0.05) is 70.4 Å². The molecule has 0 unspecified atom stereocenters. The highest BCUT2D eigenvalue weighted by Crippen LogP contribution is 2.09. The minimum atomic E-state index is 0.178. The highest BCUT2D eigenvalue weighted by atomic mass is 16.5. The molecule has 4 nitrogen and oxygen atoms in total. The number of hydrogen-bond donors (Lipinski definition) is 1. The minimum Gasteiger partial charge on any atom is -0.379 e. The molecule has 172 valence electrons. The van der Waals surface area contributed by atoms with Crippen LogP contribution in [0, 0.1) is 0 Å². The van der Waals surface area contributed by atoms with Crippen LogP contribution in [0.1, 0.15) is 110 Å². The third-order valence-corrected chi connectivity index (χ3v) is 5.03. The van der Waals surface area contributed by atoms with Crippen LogP contribution in [-0.2, 0) is 14.3 Å². The summed E-state index contributed by atoms with van der Waals surface area (Å²) in [6, 6.07) is 0. The van der Waals surface area contributed by atoms with Gasteiger partial charge in [-0.15, -0.1) is 0 Å². The molecular weight excluding hydrogens is 362 g/mol. The Hall–Kier alpha value is -0.870. The molecule has 0 atom stereocenters. The molecule has 0 aromatic heterocycles. The molecule has 0 radical (unpaired) electrons. The predicted octanol–water partition coefficient (Wildman–Crippen LogP) is 6.58. The van der Waals surface area contributed by atoms with Crippen LogP contribution in [-0.4, -0.2) is 38.9 Å². The van der Waals surface area contributed by atoms with Crippen molar-refractivity contribution in [3.63, 3.8) is 0 Å². The second-order valence-electron chi connectivity index (χ2n) is 7.85. The van der Waals surface area contributed by atoms with Gasteiger partial charge in [-0.25, -0.2) is 0 Å². The second-order valence-corrected chi connectivity index (χ2v) is 7.85. The van der Waals surface area contributed by atoms with Crippen molar-refractivity contribution < 1.29 is 14.3 Å². The van der Waals surface area contributed by atoms with Crippen LogP contribution in [0.2, 0.25) is 0 Å². The van der Waals surface area contributed by atoms with Crippen molar-refractivity contribution in [1.82, 2.24) is 5.32 Å². The number of carbonyl (C=O) groups excluding carboxylic acids is 1. The van der Waals surface area contributed by atoms with Crippen LogP contribution >= 0.6 is 0 Å². The summed E-state index contributed by atoms with van der Waals surface area (Å²) in [7, 11) is 0. The van der Waals surface area contributed by atoms with E-state index in [0.29, 0.717) is 32.8 Å². The standard InChI is InChI=1S/C25H49NO3/c1-3-5-6-7-8-9-10-11-12-13-14-15-16-17-18-20-25(27)26-21-19-22-29-24-23-28-4-2/h11-12H,3-10,13-24H2,1-2H3,(H,26,27). The summed E-state index contributed by atoms with van der Waals surface area (Å²) >= 11 is 0. The zero-order valence-electron chi connectivity index (χ0n) is 19.5. The van der Waals surface area contributed by atoms with Crippen LogP contribution in [0.5, 0.6) is 0 Å². The SMILES string of the molecule is CCCCCCCCC=CCCCCCCCC(=O)NCCCOCCOCC. The monoisotopic (exact) mass is 411 g/mol. The Labute approximate surface area is 181 Å². The van der Waals surface area contributed by atoms with Gasteiger partial charge < -0.3 is 14.8 Å². The molecule has 4 heteroatoms. The topological polar surface area (TPSA) is 47.6 Å². The lowest BCUT2D eigenvalue weighted by Gasteiger charge is -2.06. The molecular formula is C25H49NO3. The maximum Gasteiger partial charge on any atom is 0.219 e. The van der Waals surface area contributed by atoms with Gasteiger partial charge in [0.1, 0.15) is 0 Å². The number of nitrogens with one attached hydrogen (secondary N) is 1. The summed E-state index contributed by atoms with van der Waals surface area (Å²) in [5, 5.41) is 2.97. The molecule has 0 fully saturated rings. The van der Waals surface area contributed by atoms with Gasteiger partial charge in [0, 0.05) is 26.2 Å². The molecule has 0 saturated carbocycles. The Morgan fingerprint density at radius 1 is 0.690 bits per heavy atom. The van der Waals surface area contributed by atoms with E-state index in [0.717, 1.165) is 25.9 Å². The van der Waals surface area contributed by atoms with Crippen molar-refractivity contribution >= 4 is 5.91 Å². The third-order valence-electron chi connectivity index (χ3n) is 5.03. The molecule has 0 aromatic carbocycles. The van der Waals surface area contributed by atoms with Crippen molar-refractivity contribution in [3.05, 3.63) is 12.2 Å². The molecule has 1 N–H and O–H groups in total. The molecule has 0 aromatic rings. The maximum absolute atomic E-state index is 11.8. The quantitative estimate of drug-likeness (QED) is 0.152. The number of rotatable bonds is 23. The van der Waals surface area contributed by atoms with Crippen molar-refractivity contribution in [2.24, 2.45) is 0 Å². The number of ether oxygens (including phenoxy) is 2. The van der Waals surface area contributed by atoms with E-state index in [1.807, 2.05) is 6.92 Å². The molecule has 0 aliphatic carbocycles. The van der Waals surface area contributed by atoms with E-state index in [4.69, 9.17) is 9.47 Å². The largest absolute Gasteiger partial charge is 0.379 e. The molecule has 0 aliphatic heterocycles. The Morgan fingerprint density at radius 3 is 1.93 bits per heavy atom. The van der Waals surface area contributed by atoms with E-state index in [1.54, 1.807) is 0 Å². The third kappa shape index (κ3) is 25.1. The Balaban J connectivity index is 3.19. The Morgan fingerprint density at radius 2 is 1.28 bits per heavy atom. The average molecular weight is 412 g/mol. The fourth-order valence-corrected chi connectivity index (χ4v) is 3.21. The van der Waals surface area contributed by atoms with Gasteiger partial charge in [-0.05, 0) is 45.4 Å². The summed E-state index contributed by atoms with van der Waals surface area (Å²) in [5.41, 5.74) is 0. The molecule has 0 bridgehead atoms. The first-order valence-electron chi connectivity index (χ1n) is 12.4. The van der Waals surface area contributed by atoms with Crippen LogP contribution in [0.15, 0.2) is 12.2 Å². The number of amides is 1. The summed E-state index contributed by atoms with van der Waals surface area (Å²) < 4.78 is 10.6. The number of allylic oxidation sites excluding steroid dienone is 2. The van der Waals surface area contributed by atoms with E-state index < -0.39 is 0 Å². The Bertz CT molecular complexity index is 358. The highest BCUT2D eigenvalue weighted by Gasteiger charge is 2.00. The van der Waals surface area contributed by atoms with Crippen LogP contribution < -0.4 is 5.32 Å². The molecule has 0 aliphatic rings. The molecule has 0 heterocycles. The van der Waals surface area contributed by atoms with Gasteiger partial charge in [-0.2, -0.15) is 0 Å². The zero-order chi connectivity index (χ0) is 21.3. The lowest BCUT2D eigenvalue weighted by molar-refractivity contribution is -0.121. The van der Waals surface area contributed by atoms with Gasteiger partial charge in [0.05, 0.1) is 13.2 Å². The fourth-order valence-electron chi connectivity index (χ4n) is 3.21. The zero-order valence-corrected chi connectivity index (χ0v) is 19.5. The number of unbranched alkanes of at least 4 members (excludes halogenated alkanes) is 11. The number of carbonyl (C=O) groups is 1. The predicted molar refractivity (Wildman–Crippen MR) is 124 cm³/mol. The average Bonchev–Trinajstić information content (AvgIpc) is 2.72. The van der Waals surface area contributed by atoms with Crippen LogP contribution in [0.25, 0.3) is 0 Å². The van der Waals surface area contributed by atoms with Gasteiger partial charge >= 0.3 is 0 Å². The summed E-state index contributed by atoms with van der Waals surface area (Å²) in [4.78, 5) is 11.8. The van der Waals surface area contributed by atoms with Crippen molar-refractivity contribution in [3.8, 4) is 0 Å². The summed E-state index contributed by atoms with van der Waals surface area (Å²) in [6.45, 7) is 7.65. The first-order chi connectivity index (χ1) is 14.3. The maximum atomic E-state index is 11.8.